The van der Waals surface area contributed by atoms with Crippen molar-refractivity contribution in [2.45, 2.75) is 20.3 Å². The molecule has 11 heteroatoms. The highest BCUT2D eigenvalue weighted by atomic mass is 19.1. The van der Waals surface area contributed by atoms with Crippen LogP contribution in [0.2, 0.25) is 0 Å². The Balaban J connectivity index is 1.63. The van der Waals surface area contributed by atoms with Gasteiger partial charge in [-0.2, -0.15) is 0 Å². The average Bonchev–Trinajstić information content (AvgIpc) is 2.88. The molecule has 2 heterocycles. The number of ether oxygens (including phenoxy) is 1. The highest BCUT2D eigenvalue weighted by molar-refractivity contribution is 6.07. The molecule has 0 bridgehead atoms. The van der Waals surface area contributed by atoms with Crippen LogP contribution >= 0.6 is 0 Å². The Bertz CT molecular complexity index is 1600. The van der Waals surface area contributed by atoms with E-state index in [4.69, 9.17) is 4.74 Å². The molecule has 0 aliphatic carbocycles. The van der Waals surface area contributed by atoms with Gasteiger partial charge in [-0.15, -0.1) is 0 Å². The summed E-state index contributed by atoms with van der Waals surface area (Å²) in [4.78, 5) is 41.7. The summed E-state index contributed by atoms with van der Waals surface area (Å²) in [5, 5.41) is 5.15. The molecular weight excluding hydrogens is 513 g/mol. The molecule has 0 fully saturated rings. The van der Waals surface area contributed by atoms with Gasteiger partial charge in [0.05, 0.1) is 17.1 Å². The van der Waals surface area contributed by atoms with E-state index < -0.39 is 40.4 Å². The molecule has 0 saturated carbocycles. The van der Waals surface area contributed by atoms with Crippen LogP contribution in [0.5, 0.6) is 11.5 Å². The van der Waals surface area contributed by atoms with Crippen molar-refractivity contribution in [3.05, 3.63) is 106 Å². The summed E-state index contributed by atoms with van der Waals surface area (Å²) >= 11 is 0. The lowest BCUT2D eigenvalue weighted by Crippen LogP contribution is -2.30. The van der Waals surface area contributed by atoms with E-state index in [-0.39, 0.29) is 29.2 Å². The number of pyridine rings is 2. The molecule has 2 aromatic carbocycles. The molecular formula is C28H23F3N4O4. The Morgan fingerprint density at radius 3 is 2.41 bits per heavy atom. The van der Waals surface area contributed by atoms with E-state index >= 15 is 0 Å². The molecule has 0 aliphatic heterocycles. The van der Waals surface area contributed by atoms with Gasteiger partial charge in [-0.1, -0.05) is 0 Å². The fraction of sp³-hybridized carbons (Fsp3) is 0.143. The summed E-state index contributed by atoms with van der Waals surface area (Å²) in [7, 11) is 0. The highest BCUT2D eigenvalue weighted by Gasteiger charge is 2.21. The Labute approximate surface area is 221 Å². The van der Waals surface area contributed by atoms with Gasteiger partial charge in [0, 0.05) is 49.2 Å². The first-order valence-electron chi connectivity index (χ1n) is 11.8. The maximum Gasteiger partial charge on any atom is 0.270 e. The lowest BCUT2D eigenvalue weighted by molar-refractivity contribution is -0.116. The minimum absolute atomic E-state index is 0.0518. The van der Waals surface area contributed by atoms with Crippen LogP contribution in [0.1, 0.15) is 29.9 Å². The molecule has 1 amide bonds. The molecule has 0 unspecified atom stereocenters. The molecule has 2 aromatic heterocycles. The van der Waals surface area contributed by atoms with Gasteiger partial charge < -0.3 is 15.4 Å². The number of carbonyl (C=O) groups is 2. The van der Waals surface area contributed by atoms with Crippen LogP contribution in [0.3, 0.4) is 0 Å². The van der Waals surface area contributed by atoms with Gasteiger partial charge in [-0.25, -0.2) is 13.2 Å². The van der Waals surface area contributed by atoms with Crippen molar-refractivity contribution in [1.29, 1.82) is 0 Å². The molecule has 4 rings (SSSR count). The van der Waals surface area contributed by atoms with E-state index in [9.17, 15) is 27.6 Å². The van der Waals surface area contributed by atoms with Crippen molar-refractivity contribution in [2.24, 2.45) is 0 Å². The zero-order chi connectivity index (χ0) is 28.1. The Morgan fingerprint density at radius 2 is 1.72 bits per heavy atom. The summed E-state index contributed by atoms with van der Waals surface area (Å²) in [5.41, 5.74) is -0.736. The number of benzene rings is 2. The molecule has 8 nitrogen and oxygen atoms in total. The summed E-state index contributed by atoms with van der Waals surface area (Å²) in [6.07, 6.45) is 2.84. The lowest BCUT2D eigenvalue weighted by Gasteiger charge is -2.15. The topological polar surface area (TPSA) is 102 Å². The zero-order valence-electron chi connectivity index (χ0n) is 20.9. The van der Waals surface area contributed by atoms with Crippen LogP contribution in [0, 0.1) is 17.5 Å². The number of amides is 1. The molecule has 2 N–H and O–H groups in total. The number of halogens is 3. The minimum Gasteiger partial charge on any atom is -0.454 e. The Hall–Kier alpha value is -4.93. The van der Waals surface area contributed by atoms with Crippen molar-refractivity contribution in [3.63, 3.8) is 0 Å². The SMILES string of the molecule is CCNc1ccn(-c2ccc(F)cc2)c(=O)c1C(=O)Nc1cc(F)c(Oc2ccnc(CC(C)=O)c2)cc1F. The number of hydrogen-bond donors (Lipinski definition) is 2. The summed E-state index contributed by atoms with van der Waals surface area (Å²) in [5.74, 6) is -3.94. The largest absolute Gasteiger partial charge is 0.454 e. The molecule has 0 spiro atoms. The van der Waals surface area contributed by atoms with Crippen molar-refractivity contribution in [1.82, 2.24) is 9.55 Å². The molecule has 39 heavy (non-hydrogen) atoms. The smallest absolute Gasteiger partial charge is 0.270 e. The quantitative estimate of drug-likeness (QED) is 0.303. The Kier molecular flexibility index (Phi) is 8.09. The number of nitrogens with zero attached hydrogens (tertiary/aromatic N) is 2. The molecule has 0 atom stereocenters. The van der Waals surface area contributed by atoms with Crippen molar-refractivity contribution >= 4 is 23.1 Å². The number of aromatic nitrogens is 2. The standard InChI is InChI=1S/C28H23F3N4O4/c1-3-32-23-9-11-35(19-6-4-17(29)5-7-19)28(38)26(23)27(37)34-24-14-22(31)25(15-21(24)30)39-20-8-10-33-18(13-20)12-16(2)36/h4-11,13-15,32H,3,12H2,1-2H3,(H,34,37). The maximum absolute atomic E-state index is 14.9. The first-order chi connectivity index (χ1) is 18.7. The van der Waals surface area contributed by atoms with E-state index in [1.54, 1.807) is 6.92 Å². The number of rotatable bonds is 9. The van der Waals surface area contributed by atoms with E-state index in [1.165, 1.54) is 49.6 Å². The average molecular weight is 537 g/mol. The van der Waals surface area contributed by atoms with Gasteiger partial charge in [0.1, 0.15) is 22.9 Å². The van der Waals surface area contributed by atoms with Gasteiger partial charge in [0.15, 0.2) is 17.4 Å². The van der Waals surface area contributed by atoms with Crippen LogP contribution in [0.4, 0.5) is 24.5 Å². The van der Waals surface area contributed by atoms with Gasteiger partial charge >= 0.3 is 0 Å². The number of nitrogens with one attached hydrogen (secondary N) is 2. The third-order valence-corrected chi connectivity index (χ3v) is 5.51. The monoisotopic (exact) mass is 536 g/mol. The molecule has 0 radical (unpaired) electrons. The van der Waals surface area contributed by atoms with Crippen molar-refractivity contribution < 1.29 is 27.5 Å². The third-order valence-electron chi connectivity index (χ3n) is 5.51. The van der Waals surface area contributed by atoms with Crippen molar-refractivity contribution in [3.8, 4) is 17.2 Å². The fourth-order valence-corrected chi connectivity index (χ4v) is 3.78. The highest BCUT2D eigenvalue weighted by Crippen LogP contribution is 2.30. The number of hydrogen-bond acceptors (Lipinski definition) is 6. The summed E-state index contributed by atoms with van der Waals surface area (Å²) < 4.78 is 49.7. The predicted octanol–water partition coefficient (Wildman–Crippen LogP) is 5.26. The minimum atomic E-state index is -1.02. The van der Waals surface area contributed by atoms with Crippen LogP contribution in [-0.2, 0) is 11.2 Å². The second kappa shape index (κ2) is 11.6. The summed E-state index contributed by atoms with van der Waals surface area (Å²) in [6, 6.07) is 10.9. The van der Waals surface area contributed by atoms with Gasteiger partial charge in [-0.3, -0.25) is 23.9 Å². The van der Waals surface area contributed by atoms with Crippen molar-refractivity contribution in [2.75, 3.05) is 17.2 Å². The van der Waals surface area contributed by atoms with Crippen LogP contribution in [-0.4, -0.2) is 27.8 Å². The second-order valence-corrected chi connectivity index (χ2v) is 8.47. The molecule has 0 saturated heterocycles. The molecule has 0 aliphatic rings. The normalized spacial score (nSPS) is 10.7. The number of anilines is 2. The second-order valence-electron chi connectivity index (χ2n) is 8.47. The van der Waals surface area contributed by atoms with Crippen LogP contribution in [0.15, 0.2) is 71.8 Å². The first kappa shape index (κ1) is 27.1. The van der Waals surface area contributed by atoms with Crippen LogP contribution < -0.4 is 20.9 Å². The lowest BCUT2D eigenvalue weighted by atomic mass is 10.1. The predicted molar refractivity (Wildman–Crippen MR) is 139 cm³/mol. The first-order valence-corrected chi connectivity index (χ1v) is 11.8. The van der Waals surface area contributed by atoms with Gasteiger partial charge in [0.25, 0.3) is 11.5 Å². The van der Waals surface area contributed by atoms with Crippen LogP contribution in [0.25, 0.3) is 5.69 Å². The maximum atomic E-state index is 14.9. The number of Topliss-reactive ketones (excluding diaryl/α,β-unsaturated/α-hetero) is 1. The number of ketones is 1. The number of carbonyl (C=O) groups excluding carboxylic acids is 2. The van der Waals surface area contributed by atoms with Gasteiger partial charge in [-0.05, 0) is 50.2 Å². The van der Waals surface area contributed by atoms with E-state index in [0.29, 0.717) is 17.9 Å². The van der Waals surface area contributed by atoms with Gasteiger partial charge in [0.2, 0.25) is 0 Å². The molecule has 4 aromatic rings. The fourth-order valence-electron chi connectivity index (χ4n) is 3.78. The molecule has 200 valence electrons. The van der Waals surface area contributed by atoms with E-state index in [0.717, 1.165) is 28.8 Å². The third kappa shape index (κ3) is 6.32. The zero-order valence-corrected chi connectivity index (χ0v) is 20.9. The van der Waals surface area contributed by atoms with E-state index in [1.807, 2.05) is 0 Å². The Morgan fingerprint density at radius 1 is 0.974 bits per heavy atom. The summed E-state index contributed by atoms with van der Waals surface area (Å²) in [6.45, 7) is 3.53. The van der Waals surface area contributed by atoms with E-state index in [2.05, 4.69) is 15.6 Å².